The van der Waals surface area contributed by atoms with Crippen LogP contribution >= 0.6 is 23.2 Å². The highest BCUT2D eigenvalue weighted by atomic mass is 35.5. The van der Waals surface area contributed by atoms with Crippen LogP contribution in [-0.2, 0) is 19.7 Å². The van der Waals surface area contributed by atoms with Gasteiger partial charge < -0.3 is 25.6 Å². The topological polar surface area (TPSA) is 124 Å². The highest BCUT2D eigenvalue weighted by molar-refractivity contribution is 6.31. The predicted molar refractivity (Wildman–Crippen MR) is 213 cm³/mol. The molecule has 2 spiro atoms. The number of benzene rings is 3. The number of rotatable bonds is 8. The molecule has 1 aliphatic carbocycles. The van der Waals surface area contributed by atoms with Crippen molar-refractivity contribution < 1.29 is 33.3 Å². The molecule has 2 amide bonds. The Hall–Kier alpha value is -3.97. The number of aliphatic hydroxyl groups is 2. The Morgan fingerprint density at radius 2 is 1.67 bits per heavy atom. The molecule has 3 aromatic carbocycles. The van der Waals surface area contributed by atoms with Crippen LogP contribution in [0.4, 0.5) is 14.5 Å². The molecule has 7 atom stereocenters. The smallest absolute Gasteiger partial charge is 0.238 e. The van der Waals surface area contributed by atoms with E-state index in [-0.39, 0.29) is 46.6 Å². The lowest BCUT2D eigenvalue weighted by Crippen LogP contribution is -2.64. The van der Waals surface area contributed by atoms with Crippen molar-refractivity contribution in [2.45, 2.75) is 99.6 Å². The number of pyridine rings is 1. The highest BCUT2D eigenvalue weighted by Crippen LogP contribution is 2.70. The number of amides is 2. The van der Waals surface area contributed by atoms with Gasteiger partial charge in [0, 0.05) is 23.3 Å². The van der Waals surface area contributed by atoms with Gasteiger partial charge in [0.1, 0.15) is 11.2 Å². The van der Waals surface area contributed by atoms with E-state index in [0.29, 0.717) is 49.7 Å². The van der Waals surface area contributed by atoms with Gasteiger partial charge in [-0.3, -0.25) is 14.5 Å². The number of halogens is 4. The third-order valence-corrected chi connectivity index (χ3v) is 13.7. The van der Waals surface area contributed by atoms with Crippen molar-refractivity contribution in [3.63, 3.8) is 0 Å². The van der Waals surface area contributed by atoms with Gasteiger partial charge in [-0.25, -0.2) is 13.8 Å². The van der Waals surface area contributed by atoms with Crippen LogP contribution in [0, 0.1) is 17.0 Å². The van der Waals surface area contributed by atoms with Crippen molar-refractivity contribution in [2.24, 2.45) is 5.41 Å². The third kappa shape index (κ3) is 6.55. The van der Waals surface area contributed by atoms with Gasteiger partial charge in [0.25, 0.3) is 0 Å². The van der Waals surface area contributed by atoms with E-state index in [1.807, 2.05) is 65.6 Å². The van der Waals surface area contributed by atoms with E-state index >= 15 is 18.4 Å². The minimum Gasteiger partial charge on any atom is -0.394 e. The predicted octanol–water partition coefficient (Wildman–Crippen LogP) is 7.79. The van der Waals surface area contributed by atoms with Gasteiger partial charge >= 0.3 is 0 Å². The molecule has 9 nitrogen and oxygen atoms in total. The first-order chi connectivity index (χ1) is 27.3. The summed E-state index contributed by atoms with van der Waals surface area (Å²) in [7, 11) is 0. The summed E-state index contributed by atoms with van der Waals surface area (Å²) in [5.41, 5.74) is -1.66. The average Bonchev–Trinajstić information content (AvgIpc) is 3.63. The molecule has 8 rings (SSSR count). The molecule has 3 aliphatic heterocycles. The maximum absolute atomic E-state index is 17.0. The van der Waals surface area contributed by atoms with Gasteiger partial charge in [-0.15, -0.1) is 0 Å². The number of hydrogen-bond acceptors (Lipinski definition) is 7. The Balaban J connectivity index is 1.47. The van der Waals surface area contributed by atoms with Crippen molar-refractivity contribution >= 4 is 40.7 Å². The van der Waals surface area contributed by atoms with Crippen molar-refractivity contribution in [1.82, 2.24) is 15.2 Å². The zero-order valence-corrected chi connectivity index (χ0v) is 33.2. The van der Waals surface area contributed by atoms with Crippen LogP contribution in [0.5, 0.6) is 0 Å². The fourth-order valence-electron chi connectivity index (χ4n) is 10.4. The number of nitrogens with one attached hydrogen (secondary N) is 2. The van der Waals surface area contributed by atoms with E-state index in [2.05, 4.69) is 29.5 Å². The summed E-state index contributed by atoms with van der Waals surface area (Å²) in [4.78, 5) is 37.2. The second-order valence-electron chi connectivity index (χ2n) is 16.7. The number of fused-ring (bicyclic) bond motifs is 3. The number of carbonyl (C=O) groups is 2. The molecule has 13 heteroatoms. The molecule has 1 saturated carbocycles. The van der Waals surface area contributed by atoms with E-state index in [1.54, 1.807) is 0 Å². The Labute approximate surface area is 340 Å². The van der Waals surface area contributed by atoms with Crippen molar-refractivity contribution in [3.8, 4) is 0 Å². The van der Waals surface area contributed by atoms with Crippen LogP contribution in [-0.4, -0.2) is 68.9 Å². The maximum Gasteiger partial charge on any atom is 0.238 e. The molecule has 4 N–H and O–H groups in total. The average molecular weight is 820 g/mol. The largest absolute Gasteiger partial charge is 0.394 e. The molecular weight excluding hydrogens is 773 g/mol. The van der Waals surface area contributed by atoms with Crippen molar-refractivity contribution in [1.29, 1.82) is 0 Å². The highest BCUT2D eigenvalue weighted by Gasteiger charge is 2.77. The van der Waals surface area contributed by atoms with E-state index in [0.717, 1.165) is 0 Å². The molecule has 0 radical (unpaired) electrons. The fourth-order valence-corrected chi connectivity index (χ4v) is 10.7. The monoisotopic (exact) mass is 818 g/mol. The summed E-state index contributed by atoms with van der Waals surface area (Å²) >= 11 is 12.8. The molecular formula is C44H46Cl2F2N4O5. The van der Waals surface area contributed by atoms with E-state index in [1.165, 1.54) is 24.4 Å². The number of carbonyl (C=O) groups excluding carboxylic acids is 2. The standard InChI is InChI=1S/C44H46Cl2F2N4O5/c1-42(2)16-18-43(19-17-42)44(30-21-32(47)31(45)22-33(30)51-41(44)56)34(29-15-20-49-39(46)35(29)48)37(40(55)50-27-13-14-28(23-53)57-24-27)52(43)36(25-9-5-3-6-10-25)38(54)26-11-7-4-8-12-26/h3-12,15,20-22,27-28,34,36-38,53-54H,13-14,16-19,23-24H2,1-2H3,(H,50,55)(H,51,56)/t27-,28?,34+,36-,37-,38+,44?/m1/s1. The summed E-state index contributed by atoms with van der Waals surface area (Å²) in [5.74, 6) is -4.07. The molecule has 4 heterocycles. The molecule has 4 aliphatic rings. The van der Waals surface area contributed by atoms with Crippen LogP contribution < -0.4 is 10.6 Å². The molecule has 3 fully saturated rings. The summed E-state index contributed by atoms with van der Waals surface area (Å²) in [6.45, 7) is 4.26. The molecule has 300 valence electrons. The van der Waals surface area contributed by atoms with Gasteiger partial charge in [-0.1, -0.05) is 97.7 Å². The van der Waals surface area contributed by atoms with Crippen LogP contribution in [0.3, 0.4) is 0 Å². The lowest BCUT2D eigenvalue weighted by molar-refractivity contribution is -0.138. The first kappa shape index (κ1) is 39.8. The zero-order chi connectivity index (χ0) is 40.3. The Morgan fingerprint density at radius 1 is 1.00 bits per heavy atom. The van der Waals surface area contributed by atoms with Gasteiger partial charge in [0.15, 0.2) is 11.0 Å². The van der Waals surface area contributed by atoms with Gasteiger partial charge in [0.05, 0.1) is 48.6 Å². The summed E-state index contributed by atoms with van der Waals surface area (Å²) < 4.78 is 38.9. The van der Waals surface area contributed by atoms with Crippen molar-refractivity contribution in [3.05, 3.63) is 129 Å². The normalized spacial score (nSPS) is 27.5. The quantitative estimate of drug-likeness (QED) is 0.134. The van der Waals surface area contributed by atoms with Gasteiger partial charge in [-0.2, -0.15) is 0 Å². The fraction of sp³-hybridized carbons (Fsp3) is 0.432. The number of hydrogen-bond donors (Lipinski definition) is 4. The molecule has 2 saturated heterocycles. The number of anilines is 1. The van der Waals surface area contributed by atoms with E-state index < -0.39 is 69.7 Å². The minimum atomic E-state index is -1.83. The summed E-state index contributed by atoms with van der Waals surface area (Å²) in [5, 5.41) is 28.1. The minimum absolute atomic E-state index is 0.0403. The lowest BCUT2D eigenvalue weighted by atomic mass is 9.53. The van der Waals surface area contributed by atoms with Gasteiger partial charge in [0.2, 0.25) is 11.8 Å². The second-order valence-corrected chi connectivity index (χ2v) is 17.5. The van der Waals surface area contributed by atoms with Crippen LogP contribution in [0.1, 0.15) is 92.7 Å². The SMILES string of the molecule is CC1(C)CCC2(CC1)N([C@H](c1ccccc1)[C@@H](O)c1ccccc1)[C@@H](C(=O)N[C@@H]1CCC(CO)OC1)[C@H](c1ccnc(Cl)c1F)C21C(=O)Nc2cc(Cl)c(F)cc21. The maximum atomic E-state index is 17.0. The molecule has 1 aromatic heterocycles. The Bertz CT molecular complexity index is 2150. The molecule has 57 heavy (non-hydrogen) atoms. The second kappa shape index (κ2) is 15.3. The number of aromatic nitrogens is 1. The number of nitrogens with zero attached hydrogens (tertiary/aromatic N) is 2. The first-order valence-electron chi connectivity index (χ1n) is 19.5. The molecule has 2 unspecified atom stereocenters. The Kier molecular flexibility index (Phi) is 10.7. The number of aliphatic hydroxyl groups excluding tert-OH is 2. The number of ether oxygens (including phenoxy) is 1. The summed E-state index contributed by atoms with van der Waals surface area (Å²) in [6, 6.07) is 19.7. The van der Waals surface area contributed by atoms with Crippen molar-refractivity contribution in [2.75, 3.05) is 18.5 Å². The first-order valence-corrected chi connectivity index (χ1v) is 20.3. The summed E-state index contributed by atoms with van der Waals surface area (Å²) in [6.07, 6.45) is 2.53. The van der Waals surface area contributed by atoms with E-state index in [9.17, 15) is 10.2 Å². The molecule has 0 bridgehead atoms. The van der Waals surface area contributed by atoms with Gasteiger partial charge in [-0.05, 0) is 84.4 Å². The van der Waals surface area contributed by atoms with Crippen LogP contribution in [0.25, 0.3) is 0 Å². The molecule has 4 aromatic rings. The lowest BCUT2D eigenvalue weighted by Gasteiger charge is -2.56. The third-order valence-electron chi connectivity index (χ3n) is 13.1. The van der Waals surface area contributed by atoms with Crippen LogP contribution in [0.15, 0.2) is 85.1 Å². The number of likely N-dealkylation sites (tertiary alicyclic amines) is 1. The van der Waals surface area contributed by atoms with Crippen LogP contribution in [0.2, 0.25) is 10.2 Å². The van der Waals surface area contributed by atoms with E-state index in [4.69, 9.17) is 27.9 Å². The zero-order valence-electron chi connectivity index (χ0n) is 31.7. The Morgan fingerprint density at radius 3 is 2.30 bits per heavy atom.